The molecule has 3 heterocycles. The van der Waals surface area contributed by atoms with Crippen molar-refractivity contribution in [3.05, 3.63) is 107 Å². The summed E-state index contributed by atoms with van der Waals surface area (Å²) in [4.78, 5) is 11.5. The van der Waals surface area contributed by atoms with Gasteiger partial charge in [-0.2, -0.15) is 0 Å². The lowest BCUT2D eigenvalue weighted by atomic mass is 10.1. The molecule has 6 rings (SSSR count). The summed E-state index contributed by atoms with van der Waals surface area (Å²) < 4.78 is 21.4. The zero-order valence-electron chi connectivity index (χ0n) is 21.5. The Hall–Kier alpha value is -3.94. The number of fused-ring (bicyclic) bond motifs is 1. The van der Waals surface area contributed by atoms with Gasteiger partial charge >= 0.3 is 0 Å². The molecule has 5 aromatic rings. The van der Waals surface area contributed by atoms with Gasteiger partial charge in [-0.15, -0.1) is 0 Å². The second-order valence-electron chi connectivity index (χ2n) is 9.88. The maximum absolute atomic E-state index is 13.4. The molecule has 39 heavy (non-hydrogen) atoms. The molecule has 198 valence electrons. The third-order valence-corrected chi connectivity index (χ3v) is 7.30. The number of rotatable bonds is 8. The Labute approximate surface area is 232 Å². The Morgan fingerprint density at radius 3 is 2.67 bits per heavy atom. The largest absolute Gasteiger partial charge is 0.487 e. The van der Waals surface area contributed by atoms with E-state index in [2.05, 4.69) is 55.3 Å². The number of anilines is 2. The van der Waals surface area contributed by atoms with Gasteiger partial charge in [-0.1, -0.05) is 30.2 Å². The minimum absolute atomic E-state index is 0.225. The third-order valence-electron chi connectivity index (χ3n) is 7.00. The number of hydrogen-bond donors (Lipinski definition) is 1. The second-order valence-corrected chi connectivity index (χ2v) is 10.3. The van der Waals surface area contributed by atoms with Gasteiger partial charge in [-0.25, -0.2) is 14.4 Å². The highest BCUT2D eigenvalue weighted by Gasteiger charge is 2.12. The first-order valence-electron chi connectivity index (χ1n) is 13.2. The van der Waals surface area contributed by atoms with E-state index in [-0.39, 0.29) is 12.4 Å². The van der Waals surface area contributed by atoms with E-state index in [0.29, 0.717) is 16.6 Å². The van der Waals surface area contributed by atoms with Gasteiger partial charge in [0.2, 0.25) is 0 Å². The highest BCUT2D eigenvalue weighted by Crippen LogP contribution is 2.31. The van der Waals surface area contributed by atoms with E-state index in [1.807, 2.05) is 18.2 Å². The highest BCUT2D eigenvalue weighted by atomic mass is 35.5. The van der Waals surface area contributed by atoms with Crippen molar-refractivity contribution in [2.45, 2.75) is 32.4 Å². The molecule has 1 saturated heterocycles. The molecule has 8 heteroatoms. The van der Waals surface area contributed by atoms with Crippen molar-refractivity contribution < 1.29 is 9.13 Å². The number of benzene rings is 3. The van der Waals surface area contributed by atoms with Gasteiger partial charge in [0.25, 0.3) is 0 Å². The van der Waals surface area contributed by atoms with Gasteiger partial charge in [0.15, 0.2) is 0 Å². The lowest BCUT2D eigenvalue weighted by Crippen LogP contribution is -2.28. The highest BCUT2D eigenvalue weighted by molar-refractivity contribution is 6.32. The molecule has 0 spiro atoms. The first-order chi connectivity index (χ1) is 19.1. The maximum atomic E-state index is 13.4. The summed E-state index contributed by atoms with van der Waals surface area (Å²) in [5.74, 6) is 0.915. The molecular formula is C31H29ClFN5O. The van der Waals surface area contributed by atoms with E-state index in [1.165, 1.54) is 50.0 Å². The van der Waals surface area contributed by atoms with Crippen LogP contribution in [0.25, 0.3) is 16.6 Å². The predicted octanol–water partition coefficient (Wildman–Crippen LogP) is 7.52. The number of piperidine rings is 1. The molecule has 1 fully saturated rings. The Balaban J connectivity index is 1.19. The Morgan fingerprint density at radius 1 is 0.923 bits per heavy atom. The number of halogens is 2. The van der Waals surface area contributed by atoms with E-state index in [1.54, 1.807) is 24.5 Å². The monoisotopic (exact) mass is 541 g/mol. The summed E-state index contributed by atoms with van der Waals surface area (Å²) >= 11 is 6.51. The van der Waals surface area contributed by atoms with Crippen LogP contribution in [-0.2, 0) is 13.2 Å². The molecule has 0 aliphatic carbocycles. The van der Waals surface area contributed by atoms with Crippen LogP contribution in [0.5, 0.6) is 5.75 Å². The van der Waals surface area contributed by atoms with Gasteiger partial charge in [0.05, 0.1) is 10.5 Å². The topological polar surface area (TPSA) is 55.2 Å². The summed E-state index contributed by atoms with van der Waals surface area (Å²) in [5.41, 5.74) is 4.71. The van der Waals surface area contributed by atoms with E-state index < -0.39 is 0 Å². The summed E-state index contributed by atoms with van der Waals surface area (Å²) in [6.07, 6.45) is 9.78. The Morgan fingerprint density at radius 2 is 1.82 bits per heavy atom. The molecule has 3 aromatic carbocycles. The molecular weight excluding hydrogens is 513 g/mol. The van der Waals surface area contributed by atoms with E-state index in [0.717, 1.165) is 34.4 Å². The SMILES string of the molecule is Fc1cccc(COc2ccc(Nc3ncnc4ccc(-n5ccc(CN6CCCCC6)c5)cc34)cc2Cl)c1. The first-order valence-corrected chi connectivity index (χ1v) is 13.6. The van der Waals surface area contributed by atoms with Crippen LogP contribution in [0.1, 0.15) is 30.4 Å². The number of hydrogen-bond acceptors (Lipinski definition) is 5. The second kappa shape index (κ2) is 11.4. The van der Waals surface area contributed by atoms with Crippen LogP contribution in [0, 0.1) is 5.82 Å². The maximum Gasteiger partial charge on any atom is 0.141 e. The average molecular weight is 542 g/mol. The summed E-state index contributed by atoms with van der Waals surface area (Å²) in [7, 11) is 0. The van der Waals surface area contributed by atoms with Crippen LogP contribution in [0.3, 0.4) is 0 Å². The molecule has 0 radical (unpaired) electrons. The van der Waals surface area contributed by atoms with Crippen molar-refractivity contribution in [1.82, 2.24) is 19.4 Å². The van der Waals surface area contributed by atoms with Gasteiger partial charge in [-0.05, 0) is 91.7 Å². The zero-order valence-corrected chi connectivity index (χ0v) is 22.2. The fraction of sp³-hybridized carbons (Fsp3) is 0.226. The number of nitrogens with one attached hydrogen (secondary N) is 1. The van der Waals surface area contributed by atoms with Gasteiger partial charge in [0.1, 0.15) is 30.3 Å². The van der Waals surface area contributed by atoms with Crippen LogP contribution < -0.4 is 10.1 Å². The number of nitrogens with zero attached hydrogens (tertiary/aromatic N) is 4. The van der Waals surface area contributed by atoms with Crippen molar-refractivity contribution in [3.8, 4) is 11.4 Å². The average Bonchev–Trinajstić information content (AvgIpc) is 3.42. The van der Waals surface area contributed by atoms with Crippen LogP contribution >= 0.6 is 11.6 Å². The number of ether oxygens (including phenoxy) is 1. The summed E-state index contributed by atoms with van der Waals surface area (Å²) in [6, 6.07) is 20.2. The van der Waals surface area contributed by atoms with E-state index >= 15 is 0 Å². The normalized spacial score (nSPS) is 14.0. The first kappa shape index (κ1) is 25.3. The quantitative estimate of drug-likeness (QED) is 0.220. The molecule has 2 aromatic heterocycles. The number of likely N-dealkylation sites (tertiary alicyclic amines) is 1. The Kier molecular flexibility index (Phi) is 7.43. The van der Waals surface area contributed by atoms with Gasteiger partial charge in [0, 0.05) is 35.7 Å². The van der Waals surface area contributed by atoms with Crippen molar-refractivity contribution >= 4 is 34.0 Å². The van der Waals surface area contributed by atoms with Crippen LogP contribution in [-0.4, -0.2) is 32.5 Å². The van der Waals surface area contributed by atoms with Crippen molar-refractivity contribution in [2.75, 3.05) is 18.4 Å². The minimum atomic E-state index is -0.295. The molecule has 1 aliphatic rings. The molecule has 6 nitrogen and oxygen atoms in total. The molecule has 0 amide bonds. The van der Waals surface area contributed by atoms with Gasteiger partial charge < -0.3 is 14.6 Å². The summed E-state index contributed by atoms with van der Waals surface area (Å²) in [6.45, 7) is 3.57. The minimum Gasteiger partial charge on any atom is -0.487 e. The molecule has 1 N–H and O–H groups in total. The van der Waals surface area contributed by atoms with Crippen molar-refractivity contribution in [3.63, 3.8) is 0 Å². The molecule has 0 bridgehead atoms. The zero-order chi connectivity index (χ0) is 26.6. The molecule has 1 aliphatic heterocycles. The smallest absolute Gasteiger partial charge is 0.141 e. The lowest BCUT2D eigenvalue weighted by molar-refractivity contribution is 0.221. The van der Waals surface area contributed by atoms with Gasteiger partial charge in [-0.3, -0.25) is 4.90 Å². The van der Waals surface area contributed by atoms with E-state index in [9.17, 15) is 4.39 Å². The molecule has 0 saturated carbocycles. The lowest BCUT2D eigenvalue weighted by Gasteiger charge is -2.25. The molecule has 0 atom stereocenters. The fourth-order valence-electron chi connectivity index (χ4n) is 5.00. The third kappa shape index (κ3) is 6.05. The Bertz CT molecular complexity index is 1600. The molecule has 0 unspecified atom stereocenters. The van der Waals surface area contributed by atoms with E-state index in [4.69, 9.17) is 16.3 Å². The van der Waals surface area contributed by atoms with Crippen molar-refractivity contribution in [2.24, 2.45) is 0 Å². The predicted molar refractivity (Wildman–Crippen MR) is 153 cm³/mol. The van der Waals surface area contributed by atoms with Crippen LogP contribution in [0.15, 0.2) is 85.5 Å². The van der Waals surface area contributed by atoms with Crippen LogP contribution in [0.4, 0.5) is 15.9 Å². The summed E-state index contributed by atoms with van der Waals surface area (Å²) in [5, 5.41) is 4.73. The fourth-order valence-corrected chi connectivity index (χ4v) is 5.23. The van der Waals surface area contributed by atoms with Crippen LogP contribution in [0.2, 0.25) is 5.02 Å². The van der Waals surface area contributed by atoms with Crippen molar-refractivity contribution in [1.29, 1.82) is 0 Å². The number of aromatic nitrogens is 3. The standard InChI is InChI=1S/C31H29ClFN5O/c32-28-16-25(7-10-30(28)39-20-22-5-4-6-24(33)15-22)36-31-27-17-26(8-9-29(27)34-21-35-31)38-14-11-23(19-38)18-37-12-2-1-3-13-37/h4-11,14-17,19,21H,1-3,12-13,18,20H2,(H,34,35,36).